The largest absolute Gasteiger partial charge is 0.457 e. The third-order valence-corrected chi connectivity index (χ3v) is 5.95. The molecule has 4 aromatic rings. The summed E-state index contributed by atoms with van der Waals surface area (Å²) in [7, 11) is 0. The fourth-order valence-electron chi connectivity index (χ4n) is 3.99. The van der Waals surface area contributed by atoms with E-state index < -0.39 is 17.8 Å². The van der Waals surface area contributed by atoms with Crippen molar-refractivity contribution >= 4 is 22.8 Å². The minimum absolute atomic E-state index is 0.104. The number of halogens is 1. The molecule has 2 aromatic heterocycles. The zero-order valence-corrected chi connectivity index (χ0v) is 20.1. The Labute approximate surface area is 212 Å². The molecule has 0 radical (unpaired) electrons. The van der Waals surface area contributed by atoms with E-state index in [2.05, 4.69) is 20.4 Å². The summed E-state index contributed by atoms with van der Waals surface area (Å²) in [5.74, 6) is 0.397. The van der Waals surface area contributed by atoms with Crippen molar-refractivity contribution in [3.8, 4) is 28.8 Å². The summed E-state index contributed by atoms with van der Waals surface area (Å²) in [6.07, 6.45) is 5.01. The van der Waals surface area contributed by atoms with Gasteiger partial charge < -0.3 is 15.8 Å². The van der Waals surface area contributed by atoms with E-state index in [4.69, 9.17) is 10.5 Å². The molecular weight excluding hydrogens is 473 g/mol. The van der Waals surface area contributed by atoms with Crippen LogP contribution in [0.2, 0.25) is 0 Å². The lowest BCUT2D eigenvalue weighted by molar-refractivity contribution is -0.117. The van der Waals surface area contributed by atoms with Gasteiger partial charge >= 0.3 is 0 Å². The number of carbonyl (C=O) groups excluding carboxylic acids is 1. The van der Waals surface area contributed by atoms with Gasteiger partial charge in [-0.25, -0.2) is 19.0 Å². The second kappa shape index (κ2) is 10.1. The number of amides is 1. The molecule has 1 aliphatic rings. The third kappa shape index (κ3) is 5.26. The zero-order chi connectivity index (χ0) is 25.9. The standard InChI is InChI=1S/C27H24FN7O2/c1-16(33-27(36)18(13-29)11-17-7-8-17)14-35-26-23(25(30)31-15-32-26)24(34-35)21-10-9-20(12-22(21)28)37-19-5-3-2-4-6-19/h2-6,9-12,15-17H,7-8,14H2,1H3,(H,33,36)(H2,30,31,32)/b18-11+/t16-/m0/s1. The number of rotatable bonds is 8. The number of hydrogen-bond donors (Lipinski definition) is 2. The number of allylic oxidation sites excluding steroid dienone is 1. The second-order valence-electron chi connectivity index (χ2n) is 8.95. The number of anilines is 1. The molecule has 37 heavy (non-hydrogen) atoms. The first kappa shape index (κ1) is 23.9. The van der Waals surface area contributed by atoms with Crippen molar-refractivity contribution in [2.45, 2.75) is 32.4 Å². The highest BCUT2D eigenvalue weighted by molar-refractivity contribution is 5.99. The molecule has 186 valence electrons. The van der Waals surface area contributed by atoms with Crippen LogP contribution in [-0.4, -0.2) is 31.7 Å². The number of aromatic nitrogens is 4. The Morgan fingerprint density at radius 3 is 2.76 bits per heavy atom. The summed E-state index contributed by atoms with van der Waals surface area (Å²) in [6.45, 7) is 2.01. The Morgan fingerprint density at radius 1 is 1.27 bits per heavy atom. The highest BCUT2D eigenvalue weighted by atomic mass is 19.1. The van der Waals surface area contributed by atoms with Gasteiger partial charge in [-0.3, -0.25) is 4.79 Å². The van der Waals surface area contributed by atoms with E-state index in [9.17, 15) is 10.1 Å². The van der Waals surface area contributed by atoms with Gasteiger partial charge in [-0.2, -0.15) is 10.4 Å². The molecule has 0 bridgehead atoms. The number of carbonyl (C=O) groups is 1. The molecule has 0 saturated heterocycles. The highest BCUT2D eigenvalue weighted by Gasteiger charge is 2.24. The van der Waals surface area contributed by atoms with E-state index in [1.165, 1.54) is 12.4 Å². The average Bonchev–Trinajstić information content (AvgIpc) is 3.63. The van der Waals surface area contributed by atoms with Crippen molar-refractivity contribution in [2.24, 2.45) is 5.92 Å². The fourth-order valence-corrected chi connectivity index (χ4v) is 3.99. The molecule has 1 amide bonds. The van der Waals surface area contributed by atoms with Crippen LogP contribution in [0.15, 0.2) is 66.5 Å². The minimum atomic E-state index is -0.548. The lowest BCUT2D eigenvalue weighted by Crippen LogP contribution is -2.36. The molecule has 1 atom stereocenters. The van der Waals surface area contributed by atoms with Gasteiger partial charge in [0.2, 0.25) is 0 Å². The van der Waals surface area contributed by atoms with Crippen molar-refractivity contribution in [3.05, 3.63) is 72.3 Å². The van der Waals surface area contributed by atoms with Crippen molar-refractivity contribution in [3.63, 3.8) is 0 Å². The van der Waals surface area contributed by atoms with E-state index in [1.54, 1.807) is 41.9 Å². The molecule has 0 aliphatic heterocycles. The van der Waals surface area contributed by atoms with E-state index in [1.807, 2.05) is 24.3 Å². The molecule has 9 nitrogen and oxygen atoms in total. The molecule has 2 aromatic carbocycles. The monoisotopic (exact) mass is 497 g/mol. The van der Waals surface area contributed by atoms with Crippen LogP contribution in [0.4, 0.5) is 10.2 Å². The molecule has 2 heterocycles. The third-order valence-electron chi connectivity index (χ3n) is 5.95. The van der Waals surface area contributed by atoms with E-state index in [-0.39, 0.29) is 29.2 Å². The Balaban J connectivity index is 1.42. The normalized spacial score (nSPS) is 14.2. The Bertz CT molecular complexity index is 1540. The first-order valence-corrected chi connectivity index (χ1v) is 11.9. The van der Waals surface area contributed by atoms with Gasteiger partial charge in [0.15, 0.2) is 5.65 Å². The summed E-state index contributed by atoms with van der Waals surface area (Å²) in [6, 6.07) is 15.1. The second-order valence-corrected chi connectivity index (χ2v) is 8.95. The van der Waals surface area contributed by atoms with Crippen LogP contribution in [0.25, 0.3) is 22.3 Å². The maximum Gasteiger partial charge on any atom is 0.261 e. The Morgan fingerprint density at radius 2 is 2.05 bits per heavy atom. The van der Waals surface area contributed by atoms with Crippen molar-refractivity contribution in [1.29, 1.82) is 5.26 Å². The molecular formula is C27H24FN7O2. The van der Waals surface area contributed by atoms with Gasteiger partial charge in [-0.15, -0.1) is 0 Å². The van der Waals surface area contributed by atoms with E-state index in [0.29, 0.717) is 28.5 Å². The number of para-hydroxylation sites is 1. The Hall–Kier alpha value is -4.78. The van der Waals surface area contributed by atoms with Crippen LogP contribution in [0.1, 0.15) is 19.8 Å². The lowest BCUT2D eigenvalue weighted by atomic mass is 10.1. The van der Waals surface area contributed by atoms with E-state index >= 15 is 4.39 Å². The van der Waals surface area contributed by atoms with Gasteiger partial charge in [0.25, 0.3) is 5.91 Å². The van der Waals surface area contributed by atoms with E-state index in [0.717, 1.165) is 12.8 Å². The number of ether oxygens (including phenoxy) is 1. The predicted octanol–water partition coefficient (Wildman–Crippen LogP) is 4.37. The minimum Gasteiger partial charge on any atom is -0.457 e. The van der Waals surface area contributed by atoms with Gasteiger partial charge in [-0.05, 0) is 49.9 Å². The van der Waals surface area contributed by atoms with Crippen molar-refractivity contribution < 1.29 is 13.9 Å². The number of nitrogen functional groups attached to an aromatic ring is 1. The van der Waals surface area contributed by atoms with Crippen LogP contribution >= 0.6 is 0 Å². The maximum atomic E-state index is 15.3. The fraction of sp³-hybridized carbons (Fsp3) is 0.222. The highest BCUT2D eigenvalue weighted by Crippen LogP contribution is 2.34. The van der Waals surface area contributed by atoms with Crippen LogP contribution < -0.4 is 15.8 Å². The van der Waals surface area contributed by atoms with Gasteiger partial charge in [0, 0.05) is 17.7 Å². The van der Waals surface area contributed by atoms with Crippen molar-refractivity contribution in [1.82, 2.24) is 25.1 Å². The molecule has 1 fully saturated rings. The van der Waals surface area contributed by atoms with Crippen LogP contribution in [0.3, 0.4) is 0 Å². The molecule has 1 saturated carbocycles. The molecule has 10 heteroatoms. The summed E-state index contributed by atoms with van der Waals surface area (Å²) in [5, 5.41) is 17.2. The van der Waals surface area contributed by atoms with Crippen LogP contribution in [0.5, 0.6) is 11.5 Å². The predicted molar refractivity (Wildman–Crippen MR) is 136 cm³/mol. The van der Waals surface area contributed by atoms with Gasteiger partial charge in [0.1, 0.15) is 46.8 Å². The number of nitrogens with one attached hydrogen (secondary N) is 1. The molecule has 3 N–H and O–H groups in total. The van der Waals surface area contributed by atoms with Crippen LogP contribution in [-0.2, 0) is 11.3 Å². The number of nitriles is 1. The zero-order valence-electron chi connectivity index (χ0n) is 20.1. The molecule has 0 spiro atoms. The van der Waals surface area contributed by atoms with Gasteiger partial charge in [-0.1, -0.05) is 24.3 Å². The van der Waals surface area contributed by atoms with Crippen LogP contribution in [0, 0.1) is 23.1 Å². The number of nitrogens with zero attached hydrogens (tertiary/aromatic N) is 5. The first-order chi connectivity index (χ1) is 17.9. The summed E-state index contributed by atoms with van der Waals surface area (Å²) < 4.78 is 22.6. The SMILES string of the molecule is C[C@@H](Cn1nc(-c2ccc(Oc3ccccc3)cc2F)c2c(N)ncnc21)NC(=O)/C(C#N)=C/C1CC1. The summed E-state index contributed by atoms with van der Waals surface area (Å²) in [5.41, 5.74) is 7.14. The number of hydrogen-bond acceptors (Lipinski definition) is 7. The quantitative estimate of drug-likeness (QED) is 0.273. The Kier molecular flexibility index (Phi) is 6.51. The van der Waals surface area contributed by atoms with Gasteiger partial charge in [0.05, 0.1) is 11.9 Å². The topological polar surface area (TPSA) is 132 Å². The number of fused-ring (bicyclic) bond motifs is 1. The summed E-state index contributed by atoms with van der Waals surface area (Å²) in [4.78, 5) is 20.9. The average molecular weight is 498 g/mol. The summed E-state index contributed by atoms with van der Waals surface area (Å²) >= 11 is 0. The molecule has 1 aliphatic carbocycles. The maximum absolute atomic E-state index is 15.3. The lowest BCUT2D eigenvalue weighted by Gasteiger charge is -2.14. The smallest absolute Gasteiger partial charge is 0.261 e. The number of nitrogens with two attached hydrogens (primary N) is 1. The van der Waals surface area contributed by atoms with Crippen molar-refractivity contribution in [2.75, 3.05) is 5.73 Å². The molecule has 0 unspecified atom stereocenters. The number of benzene rings is 2. The molecule has 5 rings (SSSR count). The first-order valence-electron chi connectivity index (χ1n) is 11.9.